The van der Waals surface area contributed by atoms with Crippen molar-refractivity contribution in [1.29, 1.82) is 0 Å². The van der Waals surface area contributed by atoms with E-state index in [1.807, 2.05) is 0 Å². The second-order valence-corrected chi connectivity index (χ2v) is 6.55. The van der Waals surface area contributed by atoms with Crippen LogP contribution in [-0.4, -0.2) is 59.9 Å². The first-order chi connectivity index (χ1) is 12.0. The first kappa shape index (κ1) is 17.8. The average Bonchev–Trinajstić information content (AvgIpc) is 2.58. The molecule has 0 aromatic heterocycles. The minimum absolute atomic E-state index is 0.0866. The maximum absolute atomic E-state index is 13.8. The molecule has 8 heteroatoms. The molecule has 0 bridgehead atoms. The number of imide groups is 1. The Labute approximate surface area is 149 Å². The molecule has 2 saturated heterocycles. The van der Waals surface area contributed by atoms with Crippen molar-refractivity contribution in [3.8, 4) is 0 Å². The summed E-state index contributed by atoms with van der Waals surface area (Å²) in [6.45, 7) is 0.647. The molecule has 2 aliphatic heterocycles. The summed E-state index contributed by atoms with van der Waals surface area (Å²) in [5, 5.41) is 0.229. The Bertz CT molecular complexity index is 668. The predicted molar refractivity (Wildman–Crippen MR) is 87.4 cm³/mol. The van der Waals surface area contributed by atoms with E-state index in [-0.39, 0.29) is 54.0 Å². The van der Waals surface area contributed by atoms with Crippen LogP contribution in [0.3, 0.4) is 0 Å². The first-order valence-corrected chi connectivity index (χ1v) is 8.48. The van der Waals surface area contributed by atoms with E-state index in [1.54, 1.807) is 11.0 Å². The normalized spacial score (nSPS) is 19.4. The van der Waals surface area contributed by atoms with E-state index < -0.39 is 5.82 Å². The standard InChI is InChI=1S/C17H18ClFN2O4/c18-13-2-1-3-14(19)12(13)8-15(22)20-6-4-11(5-7-20)21-16(23)9-25-10-17(21)24/h1-3,11H,4-10H2. The monoisotopic (exact) mass is 368 g/mol. The molecule has 1 aromatic carbocycles. The lowest BCUT2D eigenvalue weighted by Crippen LogP contribution is -2.55. The first-order valence-electron chi connectivity index (χ1n) is 8.10. The smallest absolute Gasteiger partial charge is 0.255 e. The minimum Gasteiger partial charge on any atom is -0.362 e. The van der Waals surface area contributed by atoms with E-state index in [2.05, 4.69) is 0 Å². The van der Waals surface area contributed by atoms with Gasteiger partial charge >= 0.3 is 0 Å². The molecule has 1 aromatic rings. The molecule has 0 unspecified atom stereocenters. The third-order valence-electron chi connectivity index (χ3n) is 4.56. The summed E-state index contributed by atoms with van der Waals surface area (Å²) in [5.74, 6) is -1.39. The van der Waals surface area contributed by atoms with Gasteiger partial charge in [-0.2, -0.15) is 0 Å². The number of likely N-dealkylation sites (tertiary alicyclic amines) is 1. The van der Waals surface area contributed by atoms with Crippen LogP contribution in [0.15, 0.2) is 18.2 Å². The molecule has 2 heterocycles. The van der Waals surface area contributed by atoms with Crippen molar-refractivity contribution in [3.63, 3.8) is 0 Å². The van der Waals surface area contributed by atoms with E-state index in [0.717, 1.165) is 0 Å². The molecule has 6 nitrogen and oxygen atoms in total. The average molecular weight is 369 g/mol. The summed E-state index contributed by atoms with van der Waals surface area (Å²) < 4.78 is 18.7. The Morgan fingerprint density at radius 1 is 1.20 bits per heavy atom. The third-order valence-corrected chi connectivity index (χ3v) is 4.91. The SMILES string of the molecule is O=C(Cc1c(F)cccc1Cl)N1CCC(N2C(=O)COCC2=O)CC1. The zero-order valence-electron chi connectivity index (χ0n) is 13.5. The zero-order valence-corrected chi connectivity index (χ0v) is 14.3. The van der Waals surface area contributed by atoms with Crippen molar-refractivity contribution < 1.29 is 23.5 Å². The number of carbonyl (C=O) groups is 3. The van der Waals surface area contributed by atoms with Gasteiger partial charge in [-0.15, -0.1) is 0 Å². The topological polar surface area (TPSA) is 66.9 Å². The summed E-state index contributed by atoms with van der Waals surface area (Å²) in [6, 6.07) is 4.10. The Morgan fingerprint density at radius 3 is 2.44 bits per heavy atom. The van der Waals surface area contributed by atoms with Crippen molar-refractivity contribution in [3.05, 3.63) is 34.6 Å². The second kappa shape index (κ2) is 7.49. The highest BCUT2D eigenvalue weighted by molar-refractivity contribution is 6.31. The largest absolute Gasteiger partial charge is 0.362 e. The van der Waals surface area contributed by atoms with Crippen LogP contribution in [0.25, 0.3) is 0 Å². The Hall–Kier alpha value is -1.99. The molecule has 0 saturated carbocycles. The molecular formula is C17H18ClFN2O4. The van der Waals surface area contributed by atoms with Crippen LogP contribution in [0.2, 0.25) is 5.02 Å². The van der Waals surface area contributed by atoms with Crippen LogP contribution < -0.4 is 0 Å². The van der Waals surface area contributed by atoms with Gasteiger partial charge in [0, 0.05) is 29.7 Å². The van der Waals surface area contributed by atoms with Crippen LogP contribution in [0.4, 0.5) is 4.39 Å². The van der Waals surface area contributed by atoms with E-state index in [9.17, 15) is 18.8 Å². The van der Waals surface area contributed by atoms with Crippen LogP contribution in [0.1, 0.15) is 18.4 Å². The van der Waals surface area contributed by atoms with Gasteiger partial charge < -0.3 is 9.64 Å². The predicted octanol–water partition coefficient (Wildman–Crippen LogP) is 1.40. The summed E-state index contributed by atoms with van der Waals surface area (Å²) in [5.41, 5.74) is 0.190. The molecule has 0 aliphatic carbocycles. The highest BCUT2D eigenvalue weighted by atomic mass is 35.5. The lowest BCUT2D eigenvalue weighted by Gasteiger charge is -2.38. The highest BCUT2D eigenvalue weighted by Gasteiger charge is 2.35. The molecule has 3 rings (SSSR count). The summed E-state index contributed by atoms with van der Waals surface area (Å²) in [6.07, 6.45) is 0.911. The van der Waals surface area contributed by atoms with E-state index in [4.69, 9.17) is 16.3 Å². The Kier molecular flexibility index (Phi) is 5.34. The van der Waals surface area contributed by atoms with Crippen molar-refractivity contribution >= 4 is 29.3 Å². The van der Waals surface area contributed by atoms with Crippen molar-refractivity contribution in [2.45, 2.75) is 25.3 Å². The van der Waals surface area contributed by atoms with E-state index in [0.29, 0.717) is 25.9 Å². The molecule has 0 N–H and O–H groups in total. The summed E-state index contributed by atoms with van der Waals surface area (Å²) in [7, 11) is 0. The molecule has 0 atom stereocenters. The molecule has 134 valence electrons. The number of hydrogen-bond donors (Lipinski definition) is 0. The third kappa shape index (κ3) is 3.82. The number of benzene rings is 1. The van der Waals surface area contributed by atoms with Crippen LogP contribution >= 0.6 is 11.6 Å². The van der Waals surface area contributed by atoms with Gasteiger partial charge in [0.2, 0.25) is 5.91 Å². The van der Waals surface area contributed by atoms with Crippen LogP contribution in [0.5, 0.6) is 0 Å². The number of ether oxygens (including phenoxy) is 1. The molecule has 0 radical (unpaired) electrons. The van der Waals surface area contributed by atoms with Gasteiger partial charge in [-0.1, -0.05) is 17.7 Å². The van der Waals surface area contributed by atoms with E-state index >= 15 is 0 Å². The van der Waals surface area contributed by atoms with Gasteiger partial charge in [0.05, 0.1) is 6.42 Å². The quantitative estimate of drug-likeness (QED) is 0.756. The van der Waals surface area contributed by atoms with Gasteiger partial charge in [-0.05, 0) is 25.0 Å². The number of halogens is 2. The molecule has 0 spiro atoms. The maximum Gasteiger partial charge on any atom is 0.255 e. The van der Waals surface area contributed by atoms with Gasteiger partial charge in [-0.3, -0.25) is 19.3 Å². The van der Waals surface area contributed by atoms with Crippen LogP contribution in [-0.2, 0) is 25.5 Å². The number of morpholine rings is 1. The van der Waals surface area contributed by atoms with Crippen molar-refractivity contribution in [1.82, 2.24) is 9.80 Å². The zero-order chi connectivity index (χ0) is 18.0. The number of hydrogen-bond acceptors (Lipinski definition) is 4. The second-order valence-electron chi connectivity index (χ2n) is 6.14. The summed E-state index contributed by atoms with van der Waals surface area (Å²) >= 11 is 5.97. The van der Waals surface area contributed by atoms with Crippen LogP contribution in [0, 0.1) is 5.82 Å². The fourth-order valence-electron chi connectivity index (χ4n) is 3.25. The lowest BCUT2D eigenvalue weighted by molar-refractivity contribution is -0.162. The van der Waals surface area contributed by atoms with Gasteiger partial charge in [-0.25, -0.2) is 4.39 Å². The lowest BCUT2D eigenvalue weighted by atomic mass is 10.0. The van der Waals surface area contributed by atoms with Gasteiger partial charge in [0.25, 0.3) is 11.8 Å². The Balaban J connectivity index is 1.59. The molecule has 25 heavy (non-hydrogen) atoms. The molecule has 3 amide bonds. The number of nitrogens with zero attached hydrogens (tertiary/aromatic N) is 2. The van der Waals surface area contributed by atoms with Crippen molar-refractivity contribution in [2.24, 2.45) is 0 Å². The molecular weight excluding hydrogens is 351 g/mol. The van der Waals surface area contributed by atoms with Gasteiger partial charge in [0.1, 0.15) is 19.0 Å². The number of rotatable bonds is 3. The maximum atomic E-state index is 13.8. The fourth-order valence-corrected chi connectivity index (χ4v) is 3.48. The molecule has 2 aliphatic rings. The highest BCUT2D eigenvalue weighted by Crippen LogP contribution is 2.23. The molecule has 2 fully saturated rings. The summed E-state index contributed by atoms with van der Waals surface area (Å²) in [4.78, 5) is 39.1. The van der Waals surface area contributed by atoms with Crippen molar-refractivity contribution in [2.75, 3.05) is 26.3 Å². The minimum atomic E-state index is -0.500. The number of amides is 3. The fraction of sp³-hybridized carbons (Fsp3) is 0.471. The van der Waals surface area contributed by atoms with E-state index in [1.165, 1.54) is 17.0 Å². The number of piperidine rings is 1. The Morgan fingerprint density at radius 2 is 1.84 bits per heavy atom. The number of carbonyl (C=O) groups excluding carboxylic acids is 3. The van der Waals surface area contributed by atoms with Gasteiger partial charge in [0.15, 0.2) is 0 Å².